The summed E-state index contributed by atoms with van der Waals surface area (Å²) in [5.41, 5.74) is 2.61. The van der Waals surface area contributed by atoms with E-state index >= 15 is 0 Å². The van der Waals surface area contributed by atoms with E-state index in [4.69, 9.17) is 19.8 Å². The highest BCUT2D eigenvalue weighted by molar-refractivity contribution is 5.90. The molecular formula is C19H25N9O. The smallest absolute Gasteiger partial charge is 0.228 e. The van der Waals surface area contributed by atoms with Crippen LogP contribution in [0.2, 0.25) is 0 Å². The van der Waals surface area contributed by atoms with Crippen molar-refractivity contribution in [1.29, 1.82) is 0 Å². The van der Waals surface area contributed by atoms with Gasteiger partial charge < -0.3 is 20.3 Å². The lowest BCUT2D eigenvalue weighted by molar-refractivity contribution is 0.137. The number of aryl methyl sites for hydroxylation is 1. The van der Waals surface area contributed by atoms with E-state index in [2.05, 4.69) is 25.5 Å². The van der Waals surface area contributed by atoms with E-state index in [1.165, 1.54) is 6.33 Å². The van der Waals surface area contributed by atoms with Gasteiger partial charge >= 0.3 is 0 Å². The summed E-state index contributed by atoms with van der Waals surface area (Å²) in [5.74, 6) is 2.14. The molecule has 29 heavy (non-hydrogen) atoms. The van der Waals surface area contributed by atoms with Crippen molar-refractivity contribution < 1.29 is 4.74 Å². The van der Waals surface area contributed by atoms with Gasteiger partial charge in [0.05, 0.1) is 18.8 Å². The molecule has 2 atom stereocenters. The Labute approximate surface area is 168 Å². The second-order valence-electron chi connectivity index (χ2n) is 7.44. The Morgan fingerprint density at radius 1 is 1.34 bits per heavy atom. The van der Waals surface area contributed by atoms with E-state index in [0.29, 0.717) is 43.5 Å². The molecule has 10 heteroatoms. The van der Waals surface area contributed by atoms with Gasteiger partial charge in [-0.1, -0.05) is 0 Å². The molecule has 2 fully saturated rings. The summed E-state index contributed by atoms with van der Waals surface area (Å²) in [6.45, 7) is 7.79. The molecule has 2 saturated heterocycles. The lowest BCUT2D eigenvalue weighted by atomic mass is 10.2. The zero-order valence-corrected chi connectivity index (χ0v) is 16.7. The van der Waals surface area contributed by atoms with Gasteiger partial charge in [0.25, 0.3) is 0 Å². The normalized spacial score (nSPS) is 20.7. The Balaban J connectivity index is 1.58. The molecule has 0 saturated carbocycles. The first-order chi connectivity index (χ1) is 14.2. The number of anilines is 3. The molecule has 2 bridgehead atoms. The Kier molecular flexibility index (Phi) is 4.72. The van der Waals surface area contributed by atoms with Crippen molar-refractivity contribution in [3.8, 4) is 0 Å². The molecule has 0 amide bonds. The van der Waals surface area contributed by atoms with Crippen LogP contribution in [0.3, 0.4) is 0 Å². The third-order valence-electron chi connectivity index (χ3n) is 5.54. The third kappa shape index (κ3) is 3.38. The number of hydrogen-bond donors (Lipinski definition) is 2. The average Bonchev–Trinajstić information content (AvgIpc) is 3.44. The van der Waals surface area contributed by atoms with E-state index in [0.717, 1.165) is 42.2 Å². The first kappa shape index (κ1) is 18.2. The van der Waals surface area contributed by atoms with E-state index in [1.807, 2.05) is 24.6 Å². The highest BCUT2D eigenvalue weighted by atomic mass is 16.5. The number of fused-ring (bicyclic) bond motifs is 3. The van der Waals surface area contributed by atoms with Crippen molar-refractivity contribution in [2.75, 3.05) is 36.5 Å². The van der Waals surface area contributed by atoms with Gasteiger partial charge in [-0.25, -0.2) is 15.0 Å². The van der Waals surface area contributed by atoms with E-state index < -0.39 is 0 Å². The zero-order valence-electron chi connectivity index (χ0n) is 16.7. The van der Waals surface area contributed by atoms with Crippen LogP contribution in [0.4, 0.5) is 17.6 Å². The maximum atomic E-state index is 5.53. The Bertz CT molecular complexity index is 1010. The van der Waals surface area contributed by atoms with Crippen LogP contribution in [0.1, 0.15) is 19.0 Å². The zero-order chi connectivity index (χ0) is 19.8. The number of aromatic nitrogens is 6. The topological polar surface area (TPSA) is 106 Å². The van der Waals surface area contributed by atoms with Crippen molar-refractivity contribution in [3.63, 3.8) is 0 Å². The largest absolute Gasteiger partial charge is 0.380 e. The van der Waals surface area contributed by atoms with Crippen LogP contribution in [-0.4, -0.2) is 68.1 Å². The number of ether oxygens (including phenoxy) is 1. The van der Waals surface area contributed by atoms with Crippen molar-refractivity contribution in [2.24, 2.45) is 0 Å². The Hall–Kier alpha value is -2.85. The van der Waals surface area contributed by atoms with Gasteiger partial charge in [-0.2, -0.15) is 10.1 Å². The number of nitrogens with zero attached hydrogens (tertiary/aromatic N) is 7. The molecule has 2 aliphatic rings. The van der Waals surface area contributed by atoms with E-state index in [-0.39, 0.29) is 0 Å². The third-order valence-corrected chi connectivity index (χ3v) is 5.54. The predicted octanol–water partition coefficient (Wildman–Crippen LogP) is 1.26. The maximum Gasteiger partial charge on any atom is 0.228 e. The van der Waals surface area contributed by atoms with E-state index in [9.17, 15) is 0 Å². The lowest BCUT2D eigenvalue weighted by Gasteiger charge is -2.27. The summed E-state index contributed by atoms with van der Waals surface area (Å²) < 4.78 is 7.46. The molecule has 0 radical (unpaired) electrons. The fourth-order valence-electron chi connectivity index (χ4n) is 4.18. The molecule has 152 valence electrons. The quantitative estimate of drug-likeness (QED) is 0.572. The van der Waals surface area contributed by atoms with E-state index in [1.54, 1.807) is 6.20 Å². The minimum Gasteiger partial charge on any atom is -0.380 e. The summed E-state index contributed by atoms with van der Waals surface area (Å²) >= 11 is 0. The SMILES string of the molecule is CCOCCn1nc(C)c2nc(N3C[C@H]4C[C@@H]3CN4)nc(Nc3ccncn3)c21. The van der Waals surface area contributed by atoms with Crippen LogP contribution >= 0.6 is 0 Å². The average molecular weight is 395 g/mol. The molecule has 5 heterocycles. The number of rotatable bonds is 7. The van der Waals surface area contributed by atoms with Gasteiger partial charge in [-0.3, -0.25) is 4.68 Å². The minimum atomic E-state index is 0.442. The highest BCUT2D eigenvalue weighted by Gasteiger charge is 2.39. The fraction of sp³-hybridized carbons (Fsp3) is 0.526. The fourth-order valence-corrected chi connectivity index (χ4v) is 4.18. The van der Waals surface area contributed by atoms with Crippen molar-refractivity contribution in [1.82, 2.24) is 35.0 Å². The summed E-state index contributed by atoms with van der Waals surface area (Å²) in [5, 5.41) is 11.6. The predicted molar refractivity (Wildman–Crippen MR) is 109 cm³/mol. The maximum absolute atomic E-state index is 5.53. The van der Waals surface area contributed by atoms with Gasteiger partial charge in [-0.15, -0.1) is 0 Å². The van der Waals surface area contributed by atoms with Gasteiger partial charge in [0.2, 0.25) is 5.95 Å². The molecule has 3 aromatic rings. The molecule has 10 nitrogen and oxygen atoms in total. The van der Waals surface area contributed by atoms with Gasteiger partial charge in [0.1, 0.15) is 23.2 Å². The van der Waals surface area contributed by atoms with Crippen LogP contribution in [0, 0.1) is 6.92 Å². The lowest BCUT2D eigenvalue weighted by Crippen LogP contribution is -2.44. The first-order valence-corrected chi connectivity index (χ1v) is 10.1. The Morgan fingerprint density at radius 3 is 3.00 bits per heavy atom. The molecule has 5 rings (SSSR count). The van der Waals surface area contributed by atoms with Crippen LogP contribution in [0.5, 0.6) is 0 Å². The van der Waals surface area contributed by atoms with Crippen LogP contribution in [0.15, 0.2) is 18.6 Å². The second kappa shape index (κ2) is 7.53. The Morgan fingerprint density at radius 2 is 2.28 bits per heavy atom. The van der Waals surface area contributed by atoms with Crippen LogP contribution in [0.25, 0.3) is 11.0 Å². The summed E-state index contributed by atoms with van der Waals surface area (Å²) in [6, 6.07) is 2.79. The van der Waals surface area contributed by atoms with Crippen LogP contribution < -0.4 is 15.5 Å². The molecule has 0 aromatic carbocycles. The second-order valence-corrected chi connectivity index (χ2v) is 7.44. The molecule has 0 unspecified atom stereocenters. The monoisotopic (exact) mass is 395 g/mol. The van der Waals surface area contributed by atoms with Crippen LogP contribution in [-0.2, 0) is 11.3 Å². The van der Waals surface area contributed by atoms with Crippen molar-refractivity contribution >= 4 is 28.6 Å². The standard InChI is InChI=1S/C19H25N9O/c1-3-29-7-6-28-17-16(12(2)26-28)24-19(27-10-13-8-14(27)9-21-13)25-18(17)23-15-4-5-20-11-22-15/h4-5,11,13-14,21H,3,6-10H2,1-2H3,(H,20,22,23,24,25)/t13-,14-/m1/s1. The molecule has 3 aromatic heterocycles. The summed E-state index contributed by atoms with van der Waals surface area (Å²) in [7, 11) is 0. The first-order valence-electron chi connectivity index (χ1n) is 10.1. The molecule has 0 spiro atoms. The van der Waals surface area contributed by atoms with Gasteiger partial charge in [0, 0.05) is 38.0 Å². The number of nitrogens with one attached hydrogen (secondary N) is 2. The molecular weight excluding hydrogens is 370 g/mol. The van der Waals surface area contributed by atoms with Crippen molar-refractivity contribution in [2.45, 2.75) is 38.9 Å². The summed E-state index contributed by atoms with van der Waals surface area (Å²) in [4.78, 5) is 20.4. The number of hydrogen-bond acceptors (Lipinski definition) is 9. The summed E-state index contributed by atoms with van der Waals surface area (Å²) in [6.07, 6.45) is 4.37. The molecule has 2 N–H and O–H groups in total. The molecule has 2 aliphatic heterocycles. The highest BCUT2D eigenvalue weighted by Crippen LogP contribution is 2.32. The number of piperazine rings is 1. The molecule has 0 aliphatic carbocycles. The van der Waals surface area contributed by atoms with Crippen molar-refractivity contribution in [3.05, 3.63) is 24.3 Å². The van der Waals surface area contributed by atoms with Gasteiger partial charge in [0.15, 0.2) is 5.82 Å². The van der Waals surface area contributed by atoms with Gasteiger partial charge in [-0.05, 0) is 26.3 Å². The minimum absolute atomic E-state index is 0.442.